The highest BCUT2D eigenvalue weighted by Crippen LogP contribution is 2.38. The molecule has 0 bridgehead atoms. The molecule has 4 nitrogen and oxygen atoms in total. The quantitative estimate of drug-likeness (QED) is 0.169. The Morgan fingerprint density at radius 2 is 0.867 bits per heavy atom. The number of fused-ring (bicyclic) bond motifs is 5. The van der Waals surface area contributed by atoms with E-state index in [1.807, 2.05) is 0 Å². The highest BCUT2D eigenvalue weighted by molar-refractivity contribution is 6.02. The summed E-state index contributed by atoms with van der Waals surface area (Å²) in [5.74, 6) is 1.86. The van der Waals surface area contributed by atoms with Crippen molar-refractivity contribution in [2.75, 3.05) is 0 Å². The molecule has 1 aliphatic rings. The summed E-state index contributed by atoms with van der Waals surface area (Å²) in [5.41, 5.74) is 15.9. The zero-order valence-corrected chi connectivity index (χ0v) is 33.0. The van der Waals surface area contributed by atoms with Gasteiger partial charge in [-0.2, -0.15) is 0 Å². The maximum Gasteiger partial charge on any atom is 0.145 e. The molecule has 2 heterocycles. The standard InChI is InChI=1S/C56H40N4/c1-2-10-22-47-44(37-43(17-5-1)39-29-33-41(34-30-39)55-57-51-25-13-15-27-53(51)59(55)45-18-6-3-7-19-45)38-50(49-24-12-11-23-48(47)49)40-31-35-42(36-32-40)56-58-52-26-14-16-28-54(52)60(56)46-20-8-4-9-21-46/h1-16,18-21,23-38H,17,22H2. The van der Waals surface area contributed by atoms with E-state index in [1.54, 1.807) is 0 Å². The van der Waals surface area contributed by atoms with Crippen molar-refractivity contribution in [3.63, 3.8) is 0 Å². The molecule has 0 amide bonds. The molecule has 4 heteroatoms. The first kappa shape index (κ1) is 35.4. The molecule has 0 unspecified atom stereocenters. The second-order valence-corrected chi connectivity index (χ2v) is 15.3. The molecule has 60 heavy (non-hydrogen) atoms. The number of para-hydroxylation sites is 6. The van der Waals surface area contributed by atoms with Gasteiger partial charge in [-0.15, -0.1) is 0 Å². The third-order valence-electron chi connectivity index (χ3n) is 11.7. The molecular weight excluding hydrogens is 729 g/mol. The van der Waals surface area contributed by atoms with Crippen molar-refractivity contribution in [1.82, 2.24) is 19.1 Å². The van der Waals surface area contributed by atoms with Crippen molar-refractivity contribution in [3.05, 3.63) is 229 Å². The molecule has 2 aromatic heterocycles. The molecule has 11 rings (SSSR count). The van der Waals surface area contributed by atoms with E-state index in [-0.39, 0.29) is 0 Å². The second-order valence-electron chi connectivity index (χ2n) is 15.3. The zero-order chi connectivity index (χ0) is 39.8. The SMILES string of the molecule is C1=CCC(c2ccc(-c3nc4ccccc4n3-c3ccccc3)cc2)=Cc2cc(-c3ccc(-c4nc5ccccc5n4-c4ccccc4)cc3)c3ccccc3c2CC=C1. The average molecular weight is 769 g/mol. The molecule has 10 aromatic rings. The monoisotopic (exact) mass is 768 g/mol. The fourth-order valence-corrected chi connectivity index (χ4v) is 8.79. The van der Waals surface area contributed by atoms with E-state index in [0.717, 1.165) is 69.1 Å². The Kier molecular flexibility index (Phi) is 8.94. The number of nitrogens with zero attached hydrogens (tertiary/aromatic N) is 4. The fraction of sp³-hybridized carbons (Fsp3) is 0.0357. The Labute approximate surface area is 349 Å². The van der Waals surface area contributed by atoms with Crippen LogP contribution in [0.1, 0.15) is 23.1 Å². The van der Waals surface area contributed by atoms with E-state index in [9.17, 15) is 0 Å². The molecular formula is C56H40N4. The number of allylic oxidation sites excluding steroid dienone is 5. The van der Waals surface area contributed by atoms with Gasteiger partial charge < -0.3 is 0 Å². The smallest absolute Gasteiger partial charge is 0.145 e. The van der Waals surface area contributed by atoms with Crippen LogP contribution in [0, 0.1) is 0 Å². The molecule has 1 aliphatic carbocycles. The van der Waals surface area contributed by atoms with Crippen LogP contribution in [-0.2, 0) is 6.42 Å². The average Bonchev–Trinajstić information content (AvgIpc) is 3.91. The maximum absolute atomic E-state index is 5.13. The Morgan fingerprint density at radius 1 is 0.400 bits per heavy atom. The predicted octanol–water partition coefficient (Wildman–Crippen LogP) is 14.1. The lowest BCUT2D eigenvalue weighted by Crippen LogP contribution is -1.98. The first-order chi connectivity index (χ1) is 29.8. The molecule has 0 radical (unpaired) electrons. The second kappa shape index (κ2) is 15.2. The van der Waals surface area contributed by atoms with Gasteiger partial charge in [-0.3, -0.25) is 9.13 Å². The van der Waals surface area contributed by atoms with Crippen molar-refractivity contribution in [2.24, 2.45) is 0 Å². The summed E-state index contributed by atoms with van der Waals surface area (Å²) in [6, 6.07) is 66.9. The van der Waals surface area contributed by atoms with Crippen LogP contribution in [0.2, 0.25) is 0 Å². The summed E-state index contributed by atoms with van der Waals surface area (Å²) in [5, 5.41) is 2.53. The van der Waals surface area contributed by atoms with Gasteiger partial charge in [-0.05, 0) is 112 Å². The highest BCUT2D eigenvalue weighted by atomic mass is 15.1. The van der Waals surface area contributed by atoms with Crippen LogP contribution in [-0.4, -0.2) is 19.1 Å². The molecule has 0 spiro atoms. The molecule has 0 aliphatic heterocycles. The first-order valence-corrected chi connectivity index (χ1v) is 20.6. The minimum Gasteiger partial charge on any atom is -0.292 e. The van der Waals surface area contributed by atoms with E-state index in [2.05, 4.69) is 228 Å². The number of imidazole rings is 2. The number of rotatable bonds is 6. The van der Waals surface area contributed by atoms with Gasteiger partial charge in [-0.25, -0.2) is 9.97 Å². The number of benzene rings is 8. The van der Waals surface area contributed by atoms with Crippen LogP contribution in [0.5, 0.6) is 0 Å². The summed E-state index contributed by atoms with van der Waals surface area (Å²) in [6.07, 6.45) is 13.0. The molecule has 0 fully saturated rings. The lowest BCUT2D eigenvalue weighted by Gasteiger charge is -2.17. The van der Waals surface area contributed by atoms with Crippen molar-refractivity contribution < 1.29 is 0 Å². The van der Waals surface area contributed by atoms with Gasteiger partial charge in [-0.1, -0.05) is 164 Å². The Morgan fingerprint density at radius 3 is 1.45 bits per heavy atom. The molecule has 0 saturated heterocycles. The molecule has 0 atom stereocenters. The number of aromatic nitrogens is 4. The fourth-order valence-electron chi connectivity index (χ4n) is 8.79. The Bertz CT molecular complexity index is 3270. The third-order valence-corrected chi connectivity index (χ3v) is 11.7. The van der Waals surface area contributed by atoms with Crippen LogP contribution < -0.4 is 0 Å². The van der Waals surface area contributed by atoms with Crippen LogP contribution in [0.4, 0.5) is 0 Å². The molecule has 284 valence electrons. The van der Waals surface area contributed by atoms with Gasteiger partial charge >= 0.3 is 0 Å². The minimum atomic E-state index is 0.810. The topological polar surface area (TPSA) is 35.6 Å². The van der Waals surface area contributed by atoms with Crippen LogP contribution in [0.3, 0.4) is 0 Å². The van der Waals surface area contributed by atoms with Crippen molar-refractivity contribution in [3.8, 4) is 45.3 Å². The van der Waals surface area contributed by atoms with Gasteiger partial charge in [0.2, 0.25) is 0 Å². The van der Waals surface area contributed by atoms with Crippen LogP contribution >= 0.6 is 0 Å². The Balaban J connectivity index is 1.01. The van der Waals surface area contributed by atoms with Gasteiger partial charge in [0.05, 0.1) is 22.1 Å². The van der Waals surface area contributed by atoms with Gasteiger partial charge in [0.25, 0.3) is 0 Å². The van der Waals surface area contributed by atoms with Crippen molar-refractivity contribution >= 4 is 44.5 Å². The number of hydrogen-bond acceptors (Lipinski definition) is 2. The zero-order valence-electron chi connectivity index (χ0n) is 33.0. The van der Waals surface area contributed by atoms with E-state index < -0.39 is 0 Å². The van der Waals surface area contributed by atoms with Gasteiger partial charge in [0, 0.05) is 22.5 Å². The normalized spacial score (nSPS) is 12.8. The van der Waals surface area contributed by atoms with E-state index in [1.165, 1.54) is 44.2 Å². The molecule has 0 saturated carbocycles. The summed E-state index contributed by atoms with van der Waals surface area (Å²) in [6.45, 7) is 0. The lowest BCUT2D eigenvalue weighted by molar-refractivity contribution is 1.10. The van der Waals surface area contributed by atoms with Gasteiger partial charge in [0.1, 0.15) is 11.6 Å². The maximum atomic E-state index is 5.13. The van der Waals surface area contributed by atoms with Crippen molar-refractivity contribution in [2.45, 2.75) is 12.8 Å². The minimum absolute atomic E-state index is 0.810. The summed E-state index contributed by atoms with van der Waals surface area (Å²) in [7, 11) is 0. The Hall–Kier alpha value is -7.82. The van der Waals surface area contributed by atoms with E-state index in [4.69, 9.17) is 9.97 Å². The highest BCUT2D eigenvalue weighted by Gasteiger charge is 2.18. The summed E-state index contributed by atoms with van der Waals surface area (Å²) >= 11 is 0. The lowest BCUT2D eigenvalue weighted by atomic mass is 9.87. The molecule has 0 N–H and O–H groups in total. The van der Waals surface area contributed by atoms with E-state index >= 15 is 0 Å². The summed E-state index contributed by atoms with van der Waals surface area (Å²) < 4.78 is 4.52. The number of hydrogen-bond donors (Lipinski definition) is 0. The van der Waals surface area contributed by atoms with E-state index in [0.29, 0.717) is 0 Å². The van der Waals surface area contributed by atoms with Crippen molar-refractivity contribution in [1.29, 1.82) is 0 Å². The third kappa shape index (κ3) is 6.36. The first-order valence-electron chi connectivity index (χ1n) is 20.6. The predicted molar refractivity (Wildman–Crippen MR) is 250 cm³/mol. The van der Waals surface area contributed by atoms with Gasteiger partial charge in [0.15, 0.2) is 0 Å². The summed E-state index contributed by atoms with van der Waals surface area (Å²) in [4.78, 5) is 10.3. The van der Waals surface area contributed by atoms with Crippen LogP contribution in [0.15, 0.2) is 212 Å². The molecule has 8 aromatic carbocycles. The van der Waals surface area contributed by atoms with Crippen LogP contribution in [0.25, 0.3) is 89.8 Å². The largest absolute Gasteiger partial charge is 0.292 e.